The van der Waals surface area contributed by atoms with Crippen molar-refractivity contribution in [1.29, 1.82) is 0 Å². The van der Waals surface area contributed by atoms with Crippen LogP contribution in [0.15, 0.2) is 12.2 Å². The monoisotopic (exact) mass is 293 g/mol. The lowest BCUT2D eigenvalue weighted by Gasteiger charge is -2.02. The van der Waals surface area contributed by atoms with Crippen molar-refractivity contribution in [3.8, 4) is 0 Å². The molecule has 0 saturated heterocycles. The Morgan fingerprint density at radius 1 is 0.619 bits per heavy atom. The van der Waals surface area contributed by atoms with Gasteiger partial charge in [-0.2, -0.15) is 0 Å². The van der Waals surface area contributed by atoms with Crippen LogP contribution in [-0.2, 0) is 4.79 Å². The molecule has 0 amide bonds. The molecule has 0 spiro atoms. The Bertz CT molecular complexity index is 220. The second-order valence-electron chi connectivity index (χ2n) is 6.19. The Morgan fingerprint density at radius 3 is 1.52 bits per heavy atom. The molecule has 1 heteroatoms. The van der Waals surface area contributed by atoms with Crippen LogP contribution >= 0.6 is 0 Å². The van der Waals surface area contributed by atoms with Crippen molar-refractivity contribution in [2.75, 3.05) is 0 Å². The van der Waals surface area contributed by atoms with Gasteiger partial charge in [0.15, 0.2) is 6.29 Å². The Morgan fingerprint density at radius 2 is 1.05 bits per heavy atom. The summed E-state index contributed by atoms with van der Waals surface area (Å²) in [5, 5.41) is 0. The minimum absolute atomic E-state index is 0.586. The van der Waals surface area contributed by atoms with E-state index in [9.17, 15) is 4.79 Å². The molecule has 0 aromatic rings. The van der Waals surface area contributed by atoms with Gasteiger partial charge in [-0.15, -0.1) is 0 Å². The number of rotatable bonds is 17. The van der Waals surface area contributed by atoms with E-state index in [2.05, 4.69) is 19.1 Å². The maximum Gasteiger partial charge on any atom is 0.198 e. The molecule has 1 radical (unpaired) electrons. The lowest BCUT2D eigenvalue weighted by atomic mass is 10.0. The summed E-state index contributed by atoms with van der Waals surface area (Å²) in [6.07, 6.45) is 27.2. The van der Waals surface area contributed by atoms with Crippen molar-refractivity contribution in [1.82, 2.24) is 0 Å². The van der Waals surface area contributed by atoms with Crippen LogP contribution in [0.2, 0.25) is 0 Å². The van der Waals surface area contributed by atoms with E-state index in [4.69, 9.17) is 0 Å². The summed E-state index contributed by atoms with van der Waals surface area (Å²) >= 11 is 0. The SMILES string of the molecule is CCCCCCCCCCCCCCC=CCCC[C]=O. The molecule has 0 aliphatic rings. The van der Waals surface area contributed by atoms with E-state index in [1.165, 1.54) is 83.5 Å². The standard InChI is InChI=1S/C20H37O/c1-2-3-4-5-6-7-8-9-10-11-12-13-14-15-16-17-18-19-20-21/h15-16H,2-14,17-19H2,1H3. The third-order valence-corrected chi connectivity index (χ3v) is 4.04. The van der Waals surface area contributed by atoms with Gasteiger partial charge in [-0.25, -0.2) is 0 Å². The maximum absolute atomic E-state index is 10.0. The van der Waals surface area contributed by atoms with Crippen molar-refractivity contribution < 1.29 is 4.79 Å². The van der Waals surface area contributed by atoms with Gasteiger partial charge in [0.25, 0.3) is 0 Å². The summed E-state index contributed by atoms with van der Waals surface area (Å²) in [6.45, 7) is 2.28. The van der Waals surface area contributed by atoms with Crippen LogP contribution in [0.3, 0.4) is 0 Å². The Hall–Kier alpha value is -0.590. The fourth-order valence-electron chi connectivity index (χ4n) is 2.63. The van der Waals surface area contributed by atoms with Crippen molar-refractivity contribution in [2.24, 2.45) is 0 Å². The summed E-state index contributed by atoms with van der Waals surface area (Å²) in [7, 11) is 0. The van der Waals surface area contributed by atoms with Crippen LogP contribution in [0.5, 0.6) is 0 Å². The average Bonchev–Trinajstić information content (AvgIpc) is 2.50. The summed E-state index contributed by atoms with van der Waals surface area (Å²) in [6, 6.07) is 0. The molecule has 0 bridgehead atoms. The molecule has 0 saturated carbocycles. The minimum Gasteiger partial charge on any atom is -0.291 e. The molecule has 0 unspecified atom stereocenters. The Balaban J connectivity index is 3.00. The number of hydrogen-bond acceptors (Lipinski definition) is 1. The van der Waals surface area contributed by atoms with Crippen LogP contribution in [0, 0.1) is 0 Å². The fraction of sp³-hybridized carbons (Fsp3) is 0.850. The highest BCUT2D eigenvalue weighted by Crippen LogP contribution is 2.12. The van der Waals surface area contributed by atoms with Crippen LogP contribution in [-0.4, -0.2) is 6.29 Å². The van der Waals surface area contributed by atoms with Gasteiger partial charge in [0, 0.05) is 6.42 Å². The van der Waals surface area contributed by atoms with Crippen molar-refractivity contribution in [3.05, 3.63) is 12.2 Å². The Kier molecular flexibility index (Phi) is 18.9. The van der Waals surface area contributed by atoms with E-state index in [0.717, 1.165) is 12.8 Å². The van der Waals surface area contributed by atoms with Gasteiger partial charge < -0.3 is 0 Å². The maximum atomic E-state index is 10.0. The molecule has 0 aromatic carbocycles. The summed E-state index contributed by atoms with van der Waals surface area (Å²) in [5.41, 5.74) is 0. The van der Waals surface area contributed by atoms with Gasteiger partial charge in [-0.3, -0.25) is 4.79 Å². The summed E-state index contributed by atoms with van der Waals surface area (Å²) in [4.78, 5) is 10.0. The van der Waals surface area contributed by atoms with E-state index in [0.29, 0.717) is 6.42 Å². The topological polar surface area (TPSA) is 17.1 Å². The largest absolute Gasteiger partial charge is 0.291 e. The first-order valence-electron chi connectivity index (χ1n) is 9.41. The number of unbranched alkanes of at least 4 members (excludes halogenated alkanes) is 14. The highest BCUT2D eigenvalue weighted by Gasteiger charge is 1.93. The van der Waals surface area contributed by atoms with E-state index in [1.54, 1.807) is 0 Å². The number of carbonyl (C=O) groups excluding carboxylic acids is 1. The molecule has 0 rings (SSSR count). The van der Waals surface area contributed by atoms with Gasteiger partial charge in [0.2, 0.25) is 0 Å². The highest BCUT2D eigenvalue weighted by atomic mass is 16.1. The molecule has 0 fully saturated rings. The molecule has 123 valence electrons. The lowest BCUT2D eigenvalue weighted by Crippen LogP contribution is -1.82. The molecule has 1 nitrogen and oxygen atoms in total. The third-order valence-electron chi connectivity index (χ3n) is 4.04. The second-order valence-corrected chi connectivity index (χ2v) is 6.19. The first-order chi connectivity index (χ1) is 10.4. The molecule has 0 aliphatic heterocycles. The van der Waals surface area contributed by atoms with Crippen molar-refractivity contribution >= 4 is 6.29 Å². The average molecular weight is 294 g/mol. The van der Waals surface area contributed by atoms with Crippen molar-refractivity contribution in [2.45, 2.75) is 110 Å². The van der Waals surface area contributed by atoms with E-state index >= 15 is 0 Å². The Labute approximate surface area is 133 Å². The van der Waals surface area contributed by atoms with Gasteiger partial charge in [-0.05, 0) is 25.7 Å². The molecular weight excluding hydrogens is 256 g/mol. The van der Waals surface area contributed by atoms with Gasteiger partial charge >= 0.3 is 0 Å². The number of hydrogen-bond donors (Lipinski definition) is 0. The van der Waals surface area contributed by atoms with Gasteiger partial charge in [-0.1, -0.05) is 89.7 Å². The quantitative estimate of drug-likeness (QED) is 0.210. The van der Waals surface area contributed by atoms with Gasteiger partial charge in [0.1, 0.15) is 0 Å². The number of allylic oxidation sites excluding steroid dienone is 2. The second kappa shape index (κ2) is 19.4. The van der Waals surface area contributed by atoms with Crippen LogP contribution in [0.1, 0.15) is 110 Å². The minimum atomic E-state index is 0.586. The first-order valence-corrected chi connectivity index (χ1v) is 9.41. The van der Waals surface area contributed by atoms with E-state index in [1.807, 2.05) is 6.29 Å². The van der Waals surface area contributed by atoms with E-state index < -0.39 is 0 Å². The zero-order valence-corrected chi connectivity index (χ0v) is 14.4. The van der Waals surface area contributed by atoms with E-state index in [-0.39, 0.29) is 0 Å². The predicted molar refractivity (Wildman–Crippen MR) is 94.4 cm³/mol. The molecule has 21 heavy (non-hydrogen) atoms. The fourth-order valence-corrected chi connectivity index (χ4v) is 2.63. The third kappa shape index (κ3) is 19.4. The predicted octanol–water partition coefficient (Wildman–Crippen LogP) is 6.91. The molecule has 0 aromatic heterocycles. The van der Waals surface area contributed by atoms with Crippen LogP contribution < -0.4 is 0 Å². The first kappa shape index (κ1) is 20.4. The molecular formula is C20H37O. The molecule has 0 N–H and O–H groups in total. The normalized spacial score (nSPS) is 11.3. The smallest absolute Gasteiger partial charge is 0.198 e. The zero-order chi connectivity index (χ0) is 15.4. The summed E-state index contributed by atoms with van der Waals surface area (Å²) < 4.78 is 0. The summed E-state index contributed by atoms with van der Waals surface area (Å²) in [5.74, 6) is 0. The highest BCUT2D eigenvalue weighted by molar-refractivity contribution is 5.50. The van der Waals surface area contributed by atoms with Crippen LogP contribution in [0.4, 0.5) is 0 Å². The molecule has 0 atom stereocenters. The lowest BCUT2D eigenvalue weighted by molar-refractivity contribution is 0.544. The molecule has 0 aliphatic carbocycles. The van der Waals surface area contributed by atoms with Crippen molar-refractivity contribution in [3.63, 3.8) is 0 Å². The van der Waals surface area contributed by atoms with Crippen LogP contribution in [0.25, 0.3) is 0 Å². The zero-order valence-electron chi connectivity index (χ0n) is 14.4. The molecule has 0 heterocycles. The van der Waals surface area contributed by atoms with Gasteiger partial charge in [0.05, 0.1) is 0 Å².